The molecule has 0 aliphatic heterocycles. The third kappa shape index (κ3) is 2.22. The van der Waals surface area contributed by atoms with Crippen LogP contribution >= 0.6 is 11.6 Å². The van der Waals surface area contributed by atoms with Crippen molar-refractivity contribution < 1.29 is 4.79 Å². The molecule has 0 bridgehead atoms. The number of carbonyl (C=O) groups excluding carboxylic acids is 1. The molecular weight excluding hydrogens is 230 g/mol. The minimum atomic E-state index is -0.240. The van der Waals surface area contributed by atoms with Crippen LogP contribution in [-0.4, -0.2) is 26.1 Å². The highest BCUT2D eigenvalue weighted by Gasteiger charge is 2.14. The third-order valence-corrected chi connectivity index (χ3v) is 2.30. The number of aromatic nitrogens is 4. The molecule has 7 heteroatoms. The van der Waals surface area contributed by atoms with Gasteiger partial charge in [-0.2, -0.15) is 5.10 Å². The zero-order chi connectivity index (χ0) is 11.5. The highest BCUT2D eigenvalue weighted by Crippen LogP contribution is 2.11. The van der Waals surface area contributed by atoms with Crippen LogP contribution in [0.5, 0.6) is 0 Å². The van der Waals surface area contributed by atoms with E-state index in [1.807, 2.05) is 6.92 Å². The molecule has 3 N–H and O–H groups in total. The predicted octanol–water partition coefficient (Wildman–Crippen LogP) is 1.28. The van der Waals surface area contributed by atoms with Gasteiger partial charge in [0.15, 0.2) is 0 Å². The molecule has 1 unspecified atom stereocenters. The molecule has 2 rings (SSSR count). The van der Waals surface area contributed by atoms with E-state index in [4.69, 9.17) is 11.6 Å². The number of aromatic amines is 2. The van der Waals surface area contributed by atoms with Crippen LogP contribution in [0.2, 0.25) is 5.02 Å². The van der Waals surface area contributed by atoms with Gasteiger partial charge in [-0.3, -0.25) is 9.89 Å². The fourth-order valence-electron chi connectivity index (χ4n) is 1.27. The zero-order valence-electron chi connectivity index (χ0n) is 8.49. The molecule has 16 heavy (non-hydrogen) atoms. The van der Waals surface area contributed by atoms with Crippen molar-refractivity contribution in [3.05, 3.63) is 35.1 Å². The van der Waals surface area contributed by atoms with Crippen LogP contribution in [0.4, 0.5) is 0 Å². The molecule has 1 atom stereocenters. The summed E-state index contributed by atoms with van der Waals surface area (Å²) in [7, 11) is 0. The second-order valence-corrected chi connectivity index (χ2v) is 3.73. The number of nitrogens with zero attached hydrogens (tertiary/aromatic N) is 2. The second-order valence-electron chi connectivity index (χ2n) is 3.30. The summed E-state index contributed by atoms with van der Waals surface area (Å²) in [6, 6.07) is 1.32. The Bertz CT molecular complexity index is 478. The monoisotopic (exact) mass is 239 g/mol. The normalized spacial score (nSPS) is 12.4. The molecule has 0 aromatic carbocycles. The first kappa shape index (κ1) is 10.7. The van der Waals surface area contributed by atoms with Crippen molar-refractivity contribution in [2.45, 2.75) is 13.0 Å². The maximum atomic E-state index is 11.7. The lowest BCUT2D eigenvalue weighted by Gasteiger charge is -2.09. The van der Waals surface area contributed by atoms with Crippen LogP contribution < -0.4 is 5.32 Å². The molecule has 84 valence electrons. The Labute approximate surface area is 96.4 Å². The first-order chi connectivity index (χ1) is 7.66. The number of rotatable bonds is 3. The van der Waals surface area contributed by atoms with E-state index in [0.717, 1.165) is 0 Å². The average molecular weight is 240 g/mol. The summed E-state index contributed by atoms with van der Waals surface area (Å²) in [5.41, 5.74) is 0.413. The van der Waals surface area contributed by atoms with Crippen LogP contribution in [0, 0.1) is 0 Å². The zero-order valence-corrected chi connectivity index (χ0v) is 9.25. The number of carbonyl (C=O) groups is 1. The van der Waals surface area contributed by atoms with Gasteiger partial charge in [0.1, 0.15) is 17.8 Å². The van der Waals surface area contributed by atoms with Gasteiger partial charge >= 0.3 is 0 Å². The van der Waals surface area contributed by atoms with Gasteiger partial charge in [0, 0.05) is 6.20 Å². The highest BCUT2D eigenvalue weighted by molar-refractivity contribution is 6.30. The van der Waals surface area contributed by atoms with E-state index < -0.39 is 0 Å². The molecule has 0 fully saturated rings. The van der Waals surface area contributed by atoms with Crippen molar-refractivity contribution in [3.8, 4) is 0 Å². The lowest BCUT2D eigenvalue weighted by Crippen LogP contribution is -2.27. The van der Waals surface area contributed by atoms with Crippen LogP contribution in [0.1, 0.15) is 29.3 Å². The van der Waals surface area contributed by atoms with Gasteiger partial charge in [-0.25, -0.2) is 4.98 Å². The van der Waals surface area contributed by atoms with E-state index in [0.29, 0.717) is 16.5 Å². The largest absolute Gasteiger partial charge is 0.356 e. The number of amides is 1. The molecule has 2 aromatic rings. The van der Waals surface area contributed by atoms with Crippen LogP contribution in [-0.2, 0) is 0 Å². The Morgan fingerprint density at radius 3 is 3.00 bits per heavy atom. The Morgan fingerprint density at radius 1 is 1.62 bits per heavy atom. The summed E-state index contributed by atoms with van der Waals surface area (Å²) in [5.74, 6) is 0.363. The van der Waals surface area contributed by atoms with Crippen LogP contribution in [0.3, 0.4) is 0 Å². The molecule has 0 aliphatic carbocycles. The quantitative estimate of drug-likeness (QED) is 0.754. The van der Waals surface area contributed by atoms with Gasteiger partial charge in [-0.1, -0.05) is 11.6 Å². The first-order valence-corrected chi connectivity index (χ1v) is 5.04. The molecule has 0 saturated carbocycles. The van der Waals surface area contributed by atoms with Crippen LogP contribution in [0.25, 0.3) is 0 Å². The molecule has 0 saturated heterocycles. The van der Waals surface area contributed by atoms with E-state index in [1.165, 1.54) is 6.33 Å². The lowest BCUT2D eigenvalue weighted by molar-refractivity contribution is 0.0934. The van der Waals surface area contributed by atoms with Gasteiger partial charge < -0.3 is 10.3 Å². The number of nitrogens with one attached hydrogen (secondary N) is 3. The smallest absolute Gasteiger partial charge is 0.268 e. The Balaban J connectivity index is 2.03. The van der Waals surface area contributed by atoms with Gasteiger partial charge in [0.2, 0.25) is 0 Å². The summed E-state index contributed by atoms with van der Waals surface area (Å²) in [6.45, 7) is 1.81. The van der Waals surface area contributed by atoms with Crippen molar-refractivity contribution in [1.29, 1.82) is 0 Å². The Hall–Kier alpha value is -1.82. The van der Waals surface area contributed by atoms with Gasteiger partial charge in [0.05, 0.1) is 11.1 Å². The number of hydrogen-bond donors (Lipinski definition) is 3. The molecule has 2 aromatic heterocycles. The highest BCUT2D eigenvalue weighted by atomic mass is 35.5. The minimum Gasteiger partial charge on any atom is -0.356 e. The number of H-pyrrole nitrogens is 2. The van der Waals surface area contributed by atoms with Crippen molar-refractivity contribution in [2.24, 2.45) is 0 Å². The Kier molecular flexibility index (Phi) is 2.91. The SMILES string of the molecule is CC(NC(=O)c1cc(Cl)c[nH]1)c1ncn[nH]1. The lowest BCUT2D eigenvalue weighted by atomic mass is 10.3. The first-order valence-electron chi connectivity index (χ1n) is 4.67. The molecule has 0 radical (unpaired) electrons. The van der Waals surface area contributed by atoms with E-state index in [9.17, 15) is 4.79 Å². The Morgan fingerprint density at radius 2 is 2.44 bits per heavy atom. The second kappa shape index (κ2) is 4.36. The number of hydrogen-bond acceptors (Lipinski definition) is 3. The summed E-state index contributed by atoms with van der Waals surface area (Å²) < 4.78 is 0. The summed E-state index contributed by atoms with van der Waals surface area (Å²) >= 11 is 5.70. The van der Waals surface area contributed by atoms with Crippen LogP contribution in [0.15, 0.2) is 18.6 Å². The summed E-state index contributed by atoms with van der Waals surface area (Å²) in [4.78, 5) is 18.4. The van der Waals surface area contributed by atoms with E-state index in [-0.39, 0.29) is 11.9 Å². The number of halogens is 1. The average Bonchev–Trinajstić information content (AvgIpc) is 2.87. The summed E-state index contributed by atoms with van der Waals surface area (Å²) in [6.07, 6.45) is 2.94. The van der Waals surface area contributed by atoms with Gasteiger partial charge in [0.25, 0.3) is 5.91 Å². The van der Waals surface area contributed by atoms with Crippen molar-refractivity contribution in [1.82, 2.24) is 25.5 Å². The molecule has 1 amide bonds. The maximum Gasteiger partial charge on any atom is 0.268 e. The minimum absolute atomic E-state index is 0.239. The molecule has 2 heterocycles. The van der Waals surface area contributed by atoms with E-state index >= 15 is 0 Å². The molecule has 0 aliphatic rings. The van der Waals surface area contributed by atoms with Crippen molar-refractivity contribution in [3.63, 3.8) is 0 Å². The van der Waals surface area contributed by atoms with Gasteiger partial charge in [-0.15, -0.1) is 0 Å². The molecular formula is C9H10ClN5O. The van der Waals surface area contributed by atoms with E-state index in [2.05, 4.69) is 25.5 Å². The third-order valence-electron chi connectivity index (χ3n) is 2.08. The maximum absolute atomic E-state index is 11.7. The van der Waals surface area contributed by atoms with Crippen molar-refractivity contribution in [2.75, 3.05) is 0 Å². The standard InChI is InChI=1S/C9H10ClN5O/c1-5(8-12-4-13-15-8)14-9(16)7-2-6(10)3-11-7/h2-5,11H,1H3,(H,14,16)(H,12,13,15). The van der Waals surface area contributed by atoms with Gasteiger partial charge in [-0.05, 0) is 13.0 Å². The topological polar surface area (TPSA) is 86.5 Å². The van der Waals surface area contributed by atoms with Crippen molar-refractivity contribution >= 4 is 17.5 Å². The molecule has 0 spiro atoms. The summed E-state index contributed by atoms with van der Waals surface area (Å²) in [5, 5.41) is 9.64. The predicted molar refractivity (Wildman–Crippen MR) is 58.1 cm³/mol. The fraction of sp³-hybridized carbons (Fsp3) is 0.222. The molecule has 6 nitrogen and oxygen atoms in total. The fourth-order valence-corrected chi connectivity index (χ4v) is 1.43. The van der Waals surface area contributed by atoms with E-state index in [1.54, 1.807) is 12.3 Å².